The Kier molecular flexibility index (Phi) is 2.77. The summed E-state index contributed by atoms with van der Waals surface area (Å²) in [6, 6.07) is -0.0425. The summed E-state index contributed by atoms with van der Waals surface area (Å²) in [5.74, 6) is 0.333. The predicted octanol–water partition coefficient (Wildman–Crippen LogP) is -0.389. The molecular formula is C11H14N4O2S. The van der Waals surface area contributed by atoms with Crippen LogP contribution < -0.4 is 5.32 Å². The van der Waals surface area contributed by atoms with Crippen molar-refractivity contribution >= 4 is 23.6 Å². The number of carbonyl (C=O) groups is 2. The zero-order valence-corrected chi connectivity index (χ0v) is 10.8. The van der Waals surface area contributed by atoms with Gasteiger partial charge in [0, 0.05) is 26.0 Å². The second kappa shape index (κ2) is 4.31. The van der Waals surface area contributed by atoms with Crippen molar-refractivity contribution < 1.29 is 9.59 Å². The lowest BCUT2D eigenvalue weighted by molar-refractivity contribution is -0.142. The van der Waals surface area contributed by atoms with E-state index in [1.54, 1.807) is 11.1 Å². The average molecular weight is 266 g/mol. The van der Waals surface area contributed by atoms with Gasteiger partial charge in [0.2, 0.25) is 11.8 Å². The van der Waals surface area contributed by atoms with Crippen LogP contribution >= 0.6 is 11.8 Å². The molecule has 6 nitrogen and oxygen atoms in total. The monoisotopic (exact) mass is 266 g/mol. The van der Waals surface area contributed by atoms with Crippen molar-refractivity contribution in [2.24, 2.45) is 7.05 Å². The molecule has 3 heterocycles. The molecule has 2 amide bonds. The number of aryl methyl sites for hydroxylation is 1. The van der Waals surface area contributed by atoms with Gasteiger partial charge in [0.15, 0.2) is 5.16 Å². The topological polar surface area (TPSA) is 67.2 Å². The number of rotatable bonds is 3. The smallest absolute Gasteiger partial charge is 0.245 e. The standard InChI is InChI=1S/C11H14N4O2S/c1-14-5-3-12-11(14)18-6-8(16)15-4-2-7-9(15)10(17)13-7/h3,5,7,9H,2,4,6H2,1H3,(H,13,17)/t7-,9+/m1/s1. The quantitative estimate of drug-likeness (QED) is 0.598. The predicted molar refractivity (Wildman–Crippen MR) is 66.0 cm³/mol. The molecule has 0 bridgehead atoms. The first-order chi connectivity index (χ1) is 8.66. The zero-order chi connectivity index (χ0) is 12.7. The number of carbonyl (C=O) groups excluding carboxylic acids is 2. The zero-order valence-electron chi connectivity index (χ0n) is 10.00. The third-order valence-electron chi connectivity index (χ3n) is 3.42. The molecule has 2 atom stereocenters. The Hall–Kier alpha value is -1.50. The lowest BCUT2D eigenvalue weighted by atomic mass is 10.0. The summed E-state index contributed by atoms with van der Waals surface area (Å²) in [6.07, 6.45) is 4.42. The molecule has 0 unspecified atom stereocenters. The van der Waals surface area contributed by atoms with Gasteiger partial charge in [0.05, 0.1) is 11.8 Å². The van der Waals surface area contributed by atoms with E-state index in [9.17, 15) is 9.59 Å². The van der Waals surface area contributed by atoms with Crippen LogP contribution in [0, 0.1) is 0 Å². The molecule has 1 N–H and O–H groups in total. The first-order valence-corrected chi connectivity index (χ1v) is 6.85. The summed E-state index contributed by atoms with van der Waals surface area (Å²) < 4.78 is 1.88. The van der Waals surface area contributed by atoms with Gasteiger partial charge in [-0.2, -0.15) is 0 Å². The number of hydrogen-bond acceptors (Lipinski definition) is 4. The fourth-order valence-corrected chi connectivity index (χ4v) is 3.24. The molecular weight excluding hydrogens is 252 g/mol. The maximum atomic E-state index is 12.1. The summed E-state index contributed by atoms with van der Waals surface area (Å²) in [5, 5.41) is 3.63. The molecule has 0 spiro atoms. The van der Waals surface area contributed by atoms with Crippen molar-refractivity contribution in [2.45, 2.75) is 23.7 Å². The van der Waals surface area contributed by atoms with E-state index in [0.29, 0.717) is 12.3 Å². The normalized spacial score (nSPS) is 25.6. The highest BCUT2D eigenvalue weighted by Gasteiger charge is 2.49. The summed E-state index contributed by atoms with van der Waals surface area (Å²) in [6.45, 7) is 0.675. The van der Waals surface area contributed by atoms with Crippen LogP contribution in [0.15, 0.2) is 17.6 Å². The number of likely N-dealkylation sites (tertiary alicyclic amines) is 1. The van der Waals surface area contributed by atoms with Crippen molar-refractivity contribution in [2.75, 3.05) is 12.3 Å². The highest BCUT2D eigenvalue weighted by molar-refractivity contribution is 7.99. The van der Waals surface area contributed by atoms with Gasteiger partial charge >= 0.3 is 0 Å². The second-order valence-electron chi connectivity index (χ2n) is 4.55. The van der Waals surface area contributed by atoms with Crippen molar-refractivity contribution in [1.82, 2.24) is 19.8 Å². The number of fused-ring (bicyclic) bond motifs is 1. The van der Waals surface area contributed by atoms with E-state index in [4.69, 9.17) is 0 Å². The van der Waals surface area contributed by atoms with Gasteiger partial charge in [-0.3, -0.25) is 9.59 Å². The number of β-lactam (4-membered cyclic amide) rings is 1. The van der Waals surface area contributed by atoms with E-state index in [1.807, 2.05) is 17.8 Å². The van der Waals surface area contributed by atoms with Crippen LogP contribution in [0.25, 0.3) is 0 Å². The van der Waals surface area contributed by atoms with Gasteiger partial charge in [0.1, 0.15) is 6.04 Å². The van der Waals surface area contributed by atoms with Crippen LogP contribution in [0.2, 0.25) is 0 Å². The fourth-order valence-electron chi connectivity index (χ4n) is 2.42. The summed E-state index contributed by atoms with van der Waals surface area (Å²) in [7, 11) is 1.89. The highest BCUT2D eigenvalue weighted by atomic mass is 32.2. The minimum absolute atomic E-state index is 0.0188. The maximum absolute atomic E-state index is 12.1. The third kappa shape index (κ3) is 1.78. The third-order valence-corrected chi connectivity index (χ3v) is 4.46. The van der Waals surface area contributed by atoms with E-state index in [-0.39, 0.29) is 23.9 Å². The number of amides is 2. The van der Waals surface area contributed by atoms with Crippen molar-refractivity contribution in [3.8, 4) is 0 Å². The van der Waals surface area contributed by atoms with Crippen molar-refractivity contribution in [1.29, 1.82) is 0 Å². The number of thioether (sulfide) groups is 1. The minimum atomic E-state index is -0.223. The van der Waals surface area contributed by atoms with Crippen LogP contribution in [-0.4, -0.2) is 50.6 Å². The van der Waals surface area contributed by atoms with Crippen LogP contribution in [0.4, 0.5) is 0 Å². The molecule has 1 aromatic rings. The molecule has 0 saturated carbocycles. The number of nitrogens with zero attached hydrogens (tertiary/aromatic N) is 3. The minimum Gasteiger partial charge on any atom is -0.349 e. The van der Waals surface area contributed by atoms with E-state index < -0.39 is 0 Å². The Balaban J connectivity index is 1.59. The molecule has 2 aliphatic rings. The molecule has 1 aromatic heterocycles. The lowest BCUT2D eigenvalue weighted by Gasteiger charge is -2.35. The van der Waals surface area contributed by atoms with Gasteiger partial charge in [-0.15, -0.1) is 0 Å². The lowest BCUT2D eigenvalue weighted by Crippen LogP contribution is -2.65. The van der Waals surface area contributed by atoms with Gasteiger partial charge < -0.3 is 14.8 Å². The largest absolute Gasteiger partial charge is 0.349 e. The Labute approximate surface area is 109 Å². The average Bonchev–Trinajstić information content (AvgIpc) is 2.89. The molecule has 0 aromatic carbocycles. The van der Waals surface area contributed by atoms with Crippen LogP contribution in [0.3, 0.4) is 0 Å². The molecule has 96 valence electrons. The molecule has 2 saturated heterocycles. The number of nitrogens with one attached hydrogen (secondary N) is 1. The first kappa shape index (κ1) is 11.6. The number of aromatic nitrogens is 2. The fraction of sp³-hybridized carbons (Fsp3) is 0.545. The Morgan fingerprint density at radius 3 is 3.17 bits per heavy atom. The molecule has 2 aliphatic heterocycles. The number of imidazole rings is 1. The summed E-state index contributed by atoms with van der Waals surface area (Å²) in [5.41, 5.74) is 0. The SMILES string of the molecule is Cn1ccnc1SCC(=O)N1CC[C@H]2NC(=O)[C@H]21. The van der Waals surface area contributed by atoms with E-state index in [2.05, 4.69) is 10.3 Å². The molecule has 7 heteroatoms. The first-order valence-electron chi connectivity index (χ1n) is 5.87. The Morgan fingerprint density at radius 1 is 1.67 bits per heavy atom. The van der Waals surface area contributed by atoms with E-state index in [1.165, 1.54) is 11.8 Å². The second-order valence-corrected chi connectivity index (χ2v) is 5.49. The summed E-state index contributed by atoms with van der Waals surface area (Å²) >= 11 is 1.41. The summed E-state index contributed by atoms with van der Waals surface area (Å²) in [4.78, 5) is 29.3. The molecule has 2 fully saturated rings. The highest BCUT2D eigenvalue weighted by Crippen LogP contribution is 2.26. The molecule has 18 heavy (non-hydrogen) atoms. The Bertz CT molecular complexity index is 501. The van der Waals surface area contributed by atoms with Gasteiger partial charge in [-0.05, 0) is 6.42 Å². The molecule has 3 rings (SSSR count). The van der Waals surface area contributed by atoms with Crippen molar-refractivity contribution in [3.05, 3.63) is 12.4 Å². The van der Waals surface area contributed by atoms with Gasteiger partial charge in [0.25, 0.3) is 0 Å². The van der Waals surface area contributed by atoms with E-state index >= 15 is 0 Å². The molecule has 0 aliphatic carbocycles. The van der Waals surface area contributed by atoms with Crippen LogP contribution in [0.1, 0.15) is 6.42 Å². The van der Waals surface area contributed by atoms with Crippen molar-refractivity contribution in [3.63, 3.8) is 0 Å². The van der Waals surface area contributed by atoms with Crippen LogP contribution in [-0.2, 0) is 16.6 Å². The van der Waals surface area contributed by atoms with E-state index in [0.717, 1.165) is 11.6 Å². The van der Waals surface area contributed by atoms with Gasteiger partial charge in [-0.25, -0.2) is 4.98 Å². The Morgan fingerprint density at radius 2 is 2.50 bits per heavy atom. The van der Waals surface area contributed by atoms with Gasteiger partial charge in [-0.1, -0.05) is 11.8 Å². The maximum Gasteiger partial charge on any atom is 0.245 e. The van der Waals surface area contributed by atoms with Crippen LogP contribution in [0.5, 0.6) is 0 Å². The number of hydrogen-bond donors (Lipinski definition) is 1. The molecule has 0 radical (unpaired) electrons.